The SMILES string of the molecule is CC.O=[N+]([O-])c1cc([N+](=O)[O-])c(O)cc1O. The zero-order chi connectivity index (χ0) is 12.9. The summed E-state index contributed by atoms with van der Waals surface area (Å²) in [6.07, 6.45) is 0. The molecule has 0 saturated heterocycles. The van der Waals surface area contributed by atoms with Crippen molar-refractivity contribution < 1.29 is 20.1 Å². The van der Waals surface area contributed by atoms with E-state index in [0.717, 1.165) is 0 Å². The van der Waals surface area contributed by atoms with Gasteiger partial charge in [0.2, 0.25) is 0 Å². The molecule has 0 heterocycles. The van der Waals surface area contributed by atoms with Crippen molar-refractivity contribution in [2.45, 2.75) is 13.8 Å². The lowest BCUT2D eigenvalue weighted by Crippen LogP contribution is -1.93. The molecule has 8 heteroatoms. The van der Waals surface area contributed by atoms with Crippen molar-refractivity contribution in [2.24, 2.45) is 0 Å². The molecule has 1 aromatic carbocycles. The van der Waals surface area contributed by atoms with Gasteiger partial charge in [0, 0.05) is 6.07 Å². The minimum absolute atomic E-state index is 0.491. The summed E-state index contributed by atoms with van der Waals surface area (Å²) in [6, 6.07) is 1.04. The van der Waals surface area contributed by atoms with Crippen LogP contribution in [0.4, 0.5) is 11.4 Å². The summed E-state index contributed by atoms with van der Waals surface area (Å²) in [5, 5.41) is 38.4. The van der Waals surface area contributed by atoms with Crippen LogP contribution in [0.25, 0.3) is 0 Å². The van der Waals surface area contributed by atoms with Crippen LogP contribution in [0.1, 0.15) is 13.8 Å². The number of hydrogen-bond donors (Lipinski definition) is 2. The first kappa shape index (κ1) is 13.6. The second-order valence-electron chi connectivity index (χ2n) is 2.34. The molecule has 0 amide bonds. The van der Waals surface area contributed by atoms with Crippen molar-refractivity contribution in [2.75, 3.05) is 0 Å². The van der Waals surface area contributed by atoms with E-state index in [0.29, 0.717) is 12.1 Å². The molecule has 1 rings (SSSR count). The van der Waals surface area contributed by atoms with Crippen molar-refractivity contribution >= 4 is 11.4 Å². The quantitative estimate of drug-likeness (QED) is 0.590. The van der Waals surface area contributed by atoms with Gasteiger partial charge in [-0.25, -0.2) is 0 Å². The van der Waals surface area contributed by atoms with Gasteiger partial charge in [0.05, 0.1) is 9.85 Å². The van der Waals surface area contributed by atoms with E-state index in [1.54, 1.807) is 0 Å². The molecule has 8 nitrogen and oxygen atoms in total. The van der Waals surface area contributed by atoms with Crippen LogP contribution in [0.2, 0.25) is 0 Å². The molecule has 0 aromatic heterocycles. The fourth-order valence-corrected chi connectivity index (χ4v) is 0.847. The van der Waals surface area contributed by atoms with Crippen LogP contribution in [0.3, 0.4) is 0 Å². The van der Waals surface area contributed by atoms with Crippen molar-refractivity contribution in [1.29, 1.82) is 0 Å². The first-order chi connectivity index (χ1) is 7.43. The number of nitro benzene ring substituents is 2. The largest absolute Gasteiger partial charge is 0.502 e. The van der Waals surface area contributed by atoms with Crippen LogP contribution in [0.15, 0.2) is 12.1 Å². The van der Waals surface area contributed by atoms with Gasteiger partial charge < -0.3 is 10.2 Å². The standard InChI is InChI=1S/C6H4N2O6.C2H6/c9-5-2-6(10)4(8(13)14)1-3(5)7(11)12;1-2/h1-2,9-10H;1-2H3. The minimum Gasteiger partial charge on any atom is -0.502 e. The fraction of sp³-hybridized carbons (Fsp3) is 0.250. The molecule has 0 aliphatic carbocycles. The molecule has 0 atom stereocenters. The Hall–Kier alpha value is -2.38. The van der Waals surface area contributed by atoms with Gasteiger partial charge in [-0.15, -0.1) is 0 Å². The number of nitro groups is 2. The van der Waals surface area contributed by atoms with E-state index in [1.807, 2.05) is 13.8 Å². The first-order valence-corrected chi connectivity index (χ1v) is 4.28. The van der Waals surface area contributed by atoms with Gasteiger partial charge in [0.1, 0.15) is 6.07 Å². The van der Waals surface area contributed by atoms with Gasteiger partial charge in [-0.05, 0) is 0 Å². The summed E-state index contributed by atoms with van der Waals surface area (Å²) < 4.78 is 0. The predicted octanol–water partition coefficient (Wildman–Crippen LogP) is 1.94. The molecule has 0 fully saturated rings. The van der Waals surface area contributed by atoms with E-state index in [9.17, 15) is 20.2 Å². The van der Waals surface area contributed by atoms with Crippen molar-refractivity contribution in [3.05, 3.63) is 32.4 Å². The summed E-state index contributed by atoms with van der Waals surface area (Å²) >= 11 is 0. The number of hydrogen-bond acceptors (Lipinski definition) is 6. The third-order valence-corrected chi connectivity index (χ3v) is 1.47. The number of phenolic OH excluding ortho intramolecular Hbond substituents is 2. The second-order valence-corrected chi connectivity index (χ2v) is 2.34. The highest BCUT2D eigenvalue weighted by atomic mass is 16.6. The molecule has 0 saturated carbocycles. The lowest BCUT2D eigenvalue weighted by atomic mass is 10.2. The summed E-state index contributed by atoms with van der Waals surface area (Å²) in [4.78, 5) is 18.5. The van der Waals surface area contributed by atoms with Crippen LogP contribution < -0.4 is 0 Å². The lowest BCUT2D eigenvalue weighted by molar-refractivity contribution is -0.395. The number of benzene rings is 1. The number of nitrogens with zero attached hydrogens (tertiary/aromatic N) is 2. The van der Waals surface area contributed by atoms with Gasteiger partial charge in [0.25, 0.3) is 0 Å². The van der Waals surface area contributed by atoms with Crippen molar-refractivity contribution in [3.8, 4) is 11.5 Å². The number of phenols is 2. The molecule has 0 spiro atoms. The summed E-state index contributed by atoms with van der Waals surface area (Å²) in [6.45, 7) is 4.00. The minimum atomic E-state index is -0.984. The molecule has 0 aliphatic rings. The van der Waals surface area contributed by atoms with Crippen LogP contribution in [-0.2, 0) is 0 Å². The molecular weight excluding hydrogens is 220 g/mol. The second kappa shape index (κ2) is 5.49. The third-order valence-electron chi connectivity index (χ3n) is 1.47. The molecule has 0 bridgehead atoms. The Labute approximate surface area is 90.1 Å². The van der Waals surface area contributed by atoms with Crippen LogP contribution >= 0.6 is 0 Å². The fourth-order valence-electron chi connectivity index (χ4n) is 0.847. The van der Waals surface area contributed by atoms with Crippen LogP contribution in [0.5, 0.6) is 11.5 Å². The average Bonchev–Trinajstić information content (AvgIpc) is 2.19. The molecule has 88 valence electrons. The highest BCUT2D eigenvalue weighted by molar-refractivity contribution is 5.60. The smallest absolute Gasteiger partial charge is 0.317 e. The van der Waals surface area contributed by atoms with Gasteiger partial charge >= 0.3 is 11.4 Å². The van der Waals surface area contributed by atoms with E-state index in [-0.39, 0.29) is 0 Å². The Morgan fingerprint density at radius 1 is 0.938 bits per heavy atom. The first-order valence-electron chi connectivity index (χ1n) is 4.28. The highest BCUT2D eigenvalue weighted by Crippen LogP contribution is 2.37. The summed E-state index contributed by atoms with van der Waals surface area (Å²) in [5.74, 6) is -1.64. The van der Waals surface area contributed by atoms with Gasteiger partial charge in [-0.1, -0.05) is 13.8 Å². The Balaban J connectivity index is 0.00000106. The van der Waals surface area contributed by atoms with Gasteiger partial charge in [-0.3, -0.25) is 20.2 Å². The molecule has 0 unspecified atom stereocenters. The highest BCUT2D eigenvalue weighted by Gasteiger charge is 2.23. The maximum Gasteiger partial charge on any atom is 0.317 e. The average molecular weight is 230 g/mol. The van der Waals surface area contributed by atoms with Crippen molar-refractivity contribution in [1.82, 2.24) is 0 Å². The maximum atomic E-state index is 10.2. The Bertz CT molecular complexity index is 382. The summed E-state index contributed by atoms with van der Waals surface area (Å²) in [7, 11) is 0. The Kier molecular flexibility index (Phi) is 4.67. The Morgan fingerprint density at radius 2 is 1.25 bits per heavy atom. The Morgan fingerprint density at radius 3 is 1.50 bits per heavy atom. The van der Waals surface area contributed by atoms with Crippen molar-refractivity contribution in [3.63, 3.8) is 0 Å². The molecule has 2 N–H and O–H groups in total. The topological polar surface area (TPSA) is 127 Å². The summed E-state index contributed by atoms with van der Waals surface area (Å²) in [5.41, 5.74) is -1.65. The molecule has 0 radical (unpaired) electrons. The van der Waals surface area contributed by atoms with E-state index < -0.39 is 32.7 Å². The van der Waals surface area contributed by atoms with E-state index >= 15 is 0 Å². The zero-order valence-electron chi connectivity index (χ0n) is 8.58. The number of rotatable bonds is 2. The maximum absolute atomic E-state index is 10.2. The van der Waals surface area contributed by atoms with Gasteiger partial charge in [-0.2, -0.15) is 0 Å². The predicted molar refractivity (Wildman–Crippen MR) is 54.4 cm³/mol. The lowest BCUT2D eigenvalue weighted by Gasteiger charge is -1.98. The normalized spacial score (nSPS) is 8.88. The number of aromatic hydroxyl groups is 2. The molecule has 16 heavy (non-hydrogen) atoms. The zero-order valence-corrected chi connectivity index (χ0v) is 8.58. The van der Waals surface area contributed by atoms with E-state index in [2.05, 4.69) is 0 Å². The molecule has 1 aromatic rings. The monoisotopic (exact) mass is 230 g/mol. The molecular formula is C8H10N2O6. The van der Waals surface area contributed by atoms with Crippen LogP contribution in [-0.4, -0.2) is 20.1 Å². The van der Waals surface area contributed by atoms with E-state index in [4.69, 9.17) is 10.2 Å². The van der Waals surface area contributed by atoms with E-state index in [1.165, 1.54) is 0 Å². The van der Waals surface area contributed by atoms with Crippen LogP contribution in [0, 0.1) is 20.2 Å². The third kappa shape index (κ3) is 2.80. The molecule has 0 aliphatic heterocycles. The van der Waals surface area contributed by atoms with Gasteiger partial charge in [0.15, 0.2) is 11.5 Å².